The first-order valence-corrected chi connectivity index (χ1v) is 6.72. The summed E-state index contributed by atoms with van der Waals surface area (Å²) in [6.07, 6.45) is 1.90. The molecule has 1 aromatic rings. The number of benzene rings is 1. The van der Waals surface area contributed by atoms with Crippen LogP contribution in [0.1, 0.15) is 25.3 Å². The van der Waals surface area contributed by atoms with Crippen LogP contribution in [0.25, 0.3) is 0 Å². The topological polar surface area (TPSA) is 55.8 Å². The third-order valence-electron chi connectivity index (χ3n) is 3.34. The van der Waals surface area contributed by atoms with Gasteiger partial charge in [0, 0.05) is 13.3 Å². The van der Waals surface area contributed by atoms with Crippen molar-refractivity contribution in [3.8, 4) is 5.75 Å². The minimum absolute atomic E-state index is 0.0151. The van der Waals surface area contributed by atoms with Crippen molar-refractivity contribution in [1.29, 1.82) is 0 Å². The van der Waals surface area contributed by atoms with Gasteiger partial charge in [-0.2, -0.15) is 0 Å². The highest BCUT2D eigenvalue weighted by atomic mass is 16.5. The van der Waals surface area contributed by atoms with E-state index in [1.165, 1.54) is 7.11 Å². The van der Waals surface area contributed by atoms with Crippen LogP contribution in [-0.4, -0.2) is 32.1 Å². The molecule has 0 aromatic heterocycles. The quantitative estimate of drug-likeness (QED) is 0.789. The Kier molecular flexibility index (Phi) is 4.61. The normalized spacial score (nSPS) is 13.4. The van der Waals surface area contributed by atoms with Gasteiger partial charge in [-0.15, -0.1) is 0 Å². The van der Waals surface area contributed by atoms with Crippen molar-refractivity contribution in [3.05, 3.63) is 23.8 Å². The highest BCUT2D eigenvalue weighted by Crippen LogP contribution is 2.32. The van der Waals surface area contributed by atoms with E-state index >= 15 is 0 Å². The number of carbonyl (C=O) groups is 2. The van der Waals surface area contributed by atoms with Gasteiger partial charge in [0.05, 0.1) is 19.3 Å². The third kappa shape index (κ3) is 3.29. The van der Waals surface area contributed by atoms with Gasteiger partial charge < -0.3 is 14.4 Å². The fourth-order valence-electron chi connectivity index (χ4n) is 2.28. The van der Waals surface area contributed by atoms with Crippen molar-refractivity contribution < 1.29 is 19.1 Å². The van der Waals surface area contributed by atoms with Crippen LogP contribution in [0, 0.1) is 0 Å². The second kappa shape index (κ2) is 6.41. The van der Waals surface area contributed by atoms with Gasteiger partial charge in [0.2, 0.25) is 5.91 Å². The average Bonchev–Trinajstić information content (AvgIpc) is 2.46. The van der Waals surface area contributed by atoms with Crippen LogP contribution in [0.4, 0.5) is 5.69 Å². The molecule has 1 amide bonds. The number of ether oxygens (including phenoxy) is 2. The number of rotatable bonds is 4. The predicted molar refractivity (Wildman–Crippen MR) is 74.9 cm³/mol. The molecule has 5 heteroatoms. The molecule has 5 nitrogen and oxygen atoms in total. The summed E-state index contributed by atoms with van der Waals surface area (Å²) >= 11 is 0. The summed E-state index contributed by atoms with van der Waals surface area (Å²) < 4.78 is 10.2. The van der Waals surface area contributed by atoms with Crippen molar-refractivity contribution in [2.45, 2.75) is 26.2 Å². The SMILES string of the molecule is COC(=O)CCCc1ccc2c(c1)N(C(C)=O)CCO2. The number of hydrogen-bond acceptors (Lipinski definition) is 4. The summed E-state index contributed by atoms with van der Waals surface area (Å²) in [5.41, 5.74) is 1.91. The summed E-state index contributed by atoms with van der Waals surface area (Å²) in [6, 6.07) is 5.82. The Bertz CT molecular complexity index is 513. The molecule has 1 heterocycles. The second-order valence-electron chi connectivity index (χ2n) is 4.75. The maximum atomic E-state index is 11.6. The highest BCUT2D eigenvalue weighted by Gasteiger charge is 2.21. The van der Waals surface area contributed by atoms with Crippen molar-refractivity contribution in [3.63, 3.8) is 0 Å². The molecular weight excluding hydrogens is 258 g/mol. The van der Waals surface area contributed by atoms with Crippen LogP contribution in [0.2, 0.25) is 0 Å². The van der Waals surface area contributed by atoms with Gasteiger partial charge in [-0.25, -0.2) is 0 Å². The van der Waals surface area contributed by atoms with Crippen molar-refractivity contribution >= 4 is 17.6 Å². The van der Waals surface area contributed by atoms with Crippen LogP contribution < -0.4 is 9.64 Å². The van der Waals surface area contributed by atoms with Gasteiger partial charge in [0.15, 0.2) is 0 Å². The fourth-order valence-corrected chi connectivity index (χ4v) is 2.28. The first-order valence-electron chi connectivity index (χ1n) is 6.72. The molecule has 0 aliphatic carbocycles. The van der Waals surface area contributed by atoms with Gasteiger partial charge in [0.1, 0.15) is 12.4 Å². The van der Waals surface area contributed by atoms with Gasteiger partial charge in [-0.1, -0.05) is 6.07 Å². The Labute approximate surface area is 118 Å². The van der Waals surface area contributed by atoms with E-state index in [0.717, 1.165) is 29.8 Å². The number of hydrogen-bond donors (Lipinski definition) is 0. The molecule has 0 radical (unpaired) electrons. The van der Waals surface area contributed by atoms with Gasteiger partial charge in [-0.3, -0.25) is 9.59 Å². The van der Waals surface area contributed by atoms with E-state index in [1.807, 2.05) is 18.2 Å². The number of esters is 1. The number of nitrogens with zero attached hydrogens (tertiary/aromatic N) is 1. The van der Waals surface area contributed by atoms with Crippen LogP contribution >= 0.6 is 0 Å². The molecule has 1 aromatic carbocycles. The number of amides is 1. The monoisotopic (exact) mass is 277 g/mol. The van der Waals surface area contributed by atoms with E-state index < -0.39 is 0 Å². The first kappa shape index (κ1) is 14.4. The Morgan fingerprint density at radius 2 is 2.20 bits per heavy atom. The molecule has 1 aliphatic heterocycles. The summed E-state index contributed by atoms with van der Waals surface area (Å²) in [5.74, 6) is 0.557. The molecule has 2 rings (SSSR count). The Hall–Kier alpha value is -2.04. The molecule has 20 heavy (non-hydrogen) atoms. The second-order valence-corrected chi connectivity index (χ2v) is 4.75. The van der Waals surface area contributed by atoms with Crippen molar-refractivity contribution in [2.24, 2.45) is 0 Å². The largest absolute Gasteiger partial charge is 0.490 e. The number of carbonyl (C=O) groups excluding carboxylic acids is 2. The highest BCUT2D eigenvalue weighted by molar-refractivity contribution is 5.93. The van der Waals surface area contributed by atoms with Crippen LogP contribution in [0.5, 0.6) is 5.75 Å². The van der Waals surface area contributed by atoms with Gasteiger partial charge in [-0.05, 0) is 30.5 Å². The smallest absolute Gasteiger partial charge is 0.305 e. The van der Waals surface area contributed by atoms with E-state index in [-0.39, 0.29) is 11.9 Å². The molecule has 0 saturated carbocycles. The summed E-state index contributed by atoms with van der Waals surface area (Å²) in [7, 11) is 1.39. The number of fused-ring (bicyclic) bond motifs is 1. The molecule has 0 unspecified atom stereocenters. The lowest BCUT2D eigenvalue weighted by Gasteiger charge is -2.29. The summed E-state index contributed by atoms with van der Waals surface area (Å²) in [6.45, 7) is 2.65. The van der Waals surface area contributed by atoms with E-state index in [9.17, 15) is 9.59 Å². The first-order chi connectivity index (χ1) is 9.61. The van der Waals surface area contributed by atoms with Gasteiger partial charge >= 0.3 is 5.97 Å². The van der Waals surface area contributed by atoms with Crippen molar-refractivity contribution in [2.75, 3.05) is 25.2 Å². The van der Waals surface area contributed by atoms with E-state index in [2.05, 4.69) is 4.74 Å². The zero-order chi connectivity index (χ0) is 14.5. The van der Waals surface area contributed by atoms with E-state index in [1.54, 1.807) is 11.8 Å². The lowest BCUT2D eigenvalue weighted by molar-refractivity contribution is -0.140. The molecule has 1 aliphatic rings. The number of methoxy groups -OCH3 is 1. The molecule has 0 bridgehead atoms. The maximum Gasteiger partial charge on any atom is 0.305 e. The molecule has 0 spiro atoms. The van der Waals surface area contributed by atoms with Gasteiger partial charge in [0.25, 0.3) is 0 Å². The third-order valence-corrected chi connectivity index (χ3v) is 3.34. The van der Waals surface area contributed by atoms with E-state index in [0.29, 0.717) is 19.6 Å². The molecule has 108 valence electrons. The molecule has 0 fully saturated rings. The lowest BCUT2D eigenvalue weighted by Crippen LogP contribution is -2.36. The van der Waals surface area contributed by atoms with E-state index in [4.69, 9.17) is 4.74 Å². The maximum absolute atomic E-state index is 11.6. The molecule has 0 saturated heterocycles. The minimum atomic E-state index is -0.198. The lowest BCUT2D eigenvalue weighted by atomic mass is 10.1. The Morgan fingerprint density at radius 1 is 1.40 bits per heavy atom. The number of anilines is 1. The standard InChI is InChI=1S/C15H19NO4/c1-11(17)16-8-9-20-14-7-6-12(10-13(14)16)4-3-5-15(18)19-2/h6-7,10H,3-5,8-9H2,1-2H3. The molecular formula is C15H19NO4. The zero-order valence-corrected chi connectivity index (χ0v) is 11.8. The predicted octanol–water partition coefficient (Wildman–Crippen LogP) is 1.93. The van der Waals surface area contributed by atoms with Crippen LogP contribution in [-0.2, 0) is 20.7 Å². The van der Waals surface area contributed by atoms with Crippen LogP contribution in [0.3, 0.4) is 0 Å². The van der Waals surface area contributed by atoms with Crippen molar-refractivity contribution in [1.82, 2.24) is 0 Å². The Balaban J connectivity index is 2.07. The zero-order valence-electron chi connectivity index (χ0n) is 11.8. The van der Waals surface area contributed by atoms with Crippen LogP contribution in [0.15, 0.2) is 18.2 Å². The molecule has 0 N–H and O–H groups in total. The average molecular weight is 277 g/mol. The minimum Gasteiger partial charge on any atom is -0.490 e. The molecule has 0 atom stereocenters. The summed E-state index contributed by atoms with van der Waals surface area (Å²) in [4.78, 5) is 24.4. The number of aryl methyl sites for hydroxylation is 1. The fraction of sp³-hybridized carbons (Fsp3) is 0.467. The summed E-state index contributed by atoms with van der Waals surface area (Å²) in [5, 5.41) is 0. The Morgan fingerprint density at radius 3 is 2.90 bits per heavy atom.